The minimum atomic E-state index is -4.36. The third kappa shape index (κ3) is 7.62. The molecule has 1 atom stereocenters. The lowest BCUT2D eigenvalue weighted by Crippen LogP contribution is -2.43. The van der Waals surface area contributed by atoms with E-state index in [0.29, 0.717) is 51.3 Å². The molecule has 0 aliphatic heterocycles. The minimum absolute atomic E-state index is 0.249. The number of carbonyl (C=O) groups excluding carboxylic acids is 1. The highest BCUT2D eigenvalue weighted by atomic mass is 32.2. The van der Waals surface area contributed by atoms with Crippen LogP contribution in [0, 0.1) is 17.6 Å². The number of aromatic nitrogens is 1. The Labute approximate surface area is 301 Å². The number of carboxylic acid groups (broad SMARTS) is 1. The monoisotopic (exact) mass is 741 g/mol. The van der Waals surface area contributed by atoms with Crippen LogP contribution in [0.15, 0.2) is 114 Å². The van der Waals surface area contributed by atoms with E-state index in [1.54, 1.807) is 42.5 Å². The molecular formula is C39H30F3N3O7S. The first-order chi connectivity index (χ1) is 25.4. The number of amides is 1. The van der Waals surface area contributed by atoms with Gasteiger partial charge in [-0.2, -0.15) is 4.39 Å². The number of halogens is 3. The van der Waals surface area contributed by atoms with Crippen LogP contribution < -0.4 is 19.5 Å². The number of aliphatic carboxylic acids is 1. The zero-order valence-electron chi connectivity index (χ0n) is 28.1. The average Bonchev–Trinajstić information content (AvgIpc) is 3.14. The van der Waals surface area contributed by atoms with Gasteiger partial charge in [0.1, 0.15) is 34.7 Å². The number of hydrogen-bond donors (Lipinski definition) is 3. The van der Waals surface area contributed by atoms with Crippen molar-refractivity contribution in [2.75, 3.05) is 18.9 Å². The summed E-state index contributed by atoms with van der Waals surface area (Å²) < 4.78 is 83.4. The predicted octanol–water partition coefficient (Wildman–Crippen LogP) is 7.23. The summed E-state index contributed by atoms with van der Waals surface area (Å²) in [7, 11) is -1.30. The van der Waals surface area contributed by atoms with E-state index in [4.69, 9.17) is 9.47 Å². The Bertz CT molecular complexity index is 2430. The van der Waals surface area contributed by atoms with Gasteiger partial charge in [-0.3, -0.25) is 9.52 Å². The maximum absolute atomic E-state index is 15.3. The van der Waals surface area contributed by atoms with Crippen LogP contribution in [-0.2, 0) is 21.2 Å². The van der Waals surface area contributed by atoms with E-state index in [2.05, 4.69) is 15.0 Å². The molecule has 53 heavy (non-hydrogen) atoms. The lowest BCUT2D eigenvalue weighted by molar-refractivity contribution is -0.139. The molecule has 1 amide bonds. The molecule has 0 fully saturated rings. The SMILES string of the molecule is COc1cccc(OC)c1-c1ccc(C[C@H](NC(=O)c2c(F)cc(NS(=O)(=O)c3ccc(-c4ccnc(F)c4)cc3)cc2F)C(=O)O)c2ccccc12. The number of ether oxygens (including phenoxy) is 2. The summed E-state index contributed by atoms with van der Waals surface area (Å²) in [5.41, 5.74) is 1.27. The van der Waals surface area contributed by atoms with Crippen molar-refractivity contribution in [3.05, 3.63) is 138 Å². The Balaban J connectivity index is 1.22. The van der Waals surface area contributed by atoms with Crippen molar-refractivity contribution in [3.8, 4) is 33.8 Å². The number of rotatable bonds is 12. The van der Waals surface area contributed by atoms with Gasteiger partial charge in [-0.05, 0) is 75.5 Å². The van der Waals surface area contributed by atoms with Crippen molar-refractivity contribution < 1.29 is 45.8 Å². The molecule has 0 unspecified atom stereocenters. The summed E-state index contributed by atoms with van der Waals surface area (Å²) in [6, 6.07) is 23.6. The fraction of sp³-hybridized carbons (Fsp3) is 0.103. The number of anilines is 1. The average molecular weight is 742 g/mol. The Morgan fingerprint density at radius 3 is 2.04 bits per heavy atom. The number of fused-ring (bicyclic) bond motifs is 1. The van der Waals surface area contributed by atoms with Gasteiger partial charge in [0.2, 0.25) is 5.95 Å². The van der Waals surface area contributed by atoms with Crippen molar-refractivity contribution >= 4 is 38.4 Å². The summed E-state index contributed by atoms with van der Waals surface area (Å²) in [4.78, 5) is 28.8. The number of pyridine rings is 1. The molecule has 0 radical (unpaired) electrons. The molecule has 5 aromatic carbocycles. The van der Waals surface area contributed by atoms with Gasteiger partial charge in [0.15, 0.2) is 0 Å². The maximum atomic E-state index is 15.3. The molecule has 0 spiro atoms. The van der Waals surface area contributed by atoms with Crippen LogP contribution in [0.1, 0.15) is 15.9 Å². The van der Waals surface area contributed by atoms with E-state index in [1.165, 1.54) is 56.8 Å². The molecule has 1 heterocycles. The summed E-state index contributed by atoms with van der Waals surface area (Å²) in [5, 5.41) is 13.6. The van der Waals surface area contributed by atoms with Gasteiger partial charge in [-0.25, -0.2) is 27.0 Å². The summed E-state index contributed by atoms with van der Waals surface area (Å²) >= 11 is 0. The van der Waals surface area contributed by atoms with Crippen LogP contribution >= 0.6 is 0 Å². The van der Waals surface area contributed by atoms with Crippen molar-refractivity contribution in [1.29, 1.82) is 0 Å². The number of carboxylic acids is 1. The zero-order valence-corrected chi connectivity index (χ0v) is 28.9. The molecule has 270 valence electrons. The van der Waals surface area contributed by atoms with Crippen LogP contribution in [-0.4, -0.2) is 50.6 Å². The molecule has 6 rings (SSSR count). The highest BCUT2D eigenvalue weighted by Crippen LogP contribution is 2.42. The molecule has 10 nitrogen and oxygen atoms in total. The van der Waals surface area contributed by atoms with Crippen molar-refractivity contribution in [2.24, 2.45) is 0 Å². The van der Waals surface area contributed by atoms with Gasteiger partial charge in [0.25, 0.3) is 15.9 Å². The van der Waals surface area contributed by atoms with E-state index < -0.39 is 56.8 Å². The van der Waals surface area contributed by atoms with Gasteiger partial charge >= 0.3 is 5.97 Å². The third-order valence-electron chi connectivity index (χ3n) is 8.48. The number of hydrogen-bond acceptors (Lipinski definition) is 7. The number of benzene rings is 5. The Morgan fingerprint density at radius 2 is 1.43 bits per heavy atom. The Morgan fingerprint density at radius 1 is 0.792 bits per heavy atom. The smallest absolute Gasteiger partial charge is 0.326 e. The van der Waals surface area contributed by atoms with Crippen molar-refractivity contribution in [2.45, 2.75) is 17.4 Å². The standard InChI is InChI=1S/C39H30F3N3O7S/c1-51-33-8-5-9-34(52-2)36(33)29-15-12-24(27-6-3-4-7-28(27)29)18-32(39(47)48)44-38(46)37-30(40)20-25(21-31(37)41)45-53(49,50)26-13-10-22(11-14-26)23-16-17-43-35(42)19-23/h3-17,19-21,32,45H,18H2,1-2H3,(H,44,46)(H,47,48)/t32-/m0/s1. The molecule has 0 bridgehead atoms. The van der Waals surface area contributed by atoms with E-state index in [0.717, 1.165) is 10.9 Å². The second kappa shape index (κ2) is 15.1. The van der Waals surface area contributed by atoms with E-state index in [9.17, 15) is 27.5 Å². The number of sulfonamides is 1. The molecule has 0 aliphatic rings. The molecule has 0 aliphatic carbocycles. The number of nitrogens with one attached hydrogen (secondary N) is 2. The second-order valence-electron chi connectivity index (χ2n) is 11.7. The largest absolute Gasteiger partial charge is 0.496 e. The first kappa shape index (κ1) is 36.4. The highest BCUT2D eigenvalue weighted by molar-refractivity contribution is 7.92. The van der Waals surface area contributed by atoms with Crippen LogP contribution in [0.5, 0.6) is 11.5 Å². The summed E-state index contributed by atoms with van der Waals surface area (Å²) in [6.07, 6.45) is 1.01. The molecular weight excluding hydrogens is 712 g/mol. The van der Waals surface area contributed by atoms with Gasteiger partial charge < -0.3 is 19.9 Å². The molecule has 0 saturated heterocycles. The first-order valence-electron chi connectivity index (χ1n) is 15.9. The quantitative estimate of drug-likeness (QED) is 0.112. The van der Waals surface area contributed by atoms with E-state index in [-0.39, 0.29) is 11.3 Å². The lowest BCUT2D eigenvalue weighted by Gasteiger charge is -2.19. The molecule has 6 aromatic rings. The molecule has 0 saturated carbocycles. The number of methoxy groups -OCH3 is 2. The van der Waals surface area contributed by atoms with Crippen molar-refractivity contribution in [3.63, 3.8) is 0 Å². The predicted molar refractivity (Wildman–Crippen MR) is 192 cm³/mol. The third-order valence-corrected chi connectivity index (χ3v) is 9.88. The molecule has 3 N–H and O–H groups in total. The number of nitrogens with zero attached hydrogens (tertiary/aromatic N) is 1. The first-order valence-corrected chi connectivity index (χ1v) is 17.4. The van der Waals surface area contributed by atoms with Gasteiger partial charge in [-0.1, -0.05) is 54.6 Å². The normalized spacial score (nSPS) is 11.9. The highest BCUT2D eigenvalue weighted by Gasteiger charge is 2.27. The minimum Gasteiger partial charge on any atom is -0.496 e. The lowest BCUT2D eigenvalue weighted by atomic mass is 9.91. The van der Waals surface area contributed by atoms with Crippen LogP contribution in [0.2, 0.25) is 0 Å². The molecule has 1 aromatic heterocycles. The Hall–Kier alpha value is -6.41. The second-order valence-corrected chi connectivity index (χ2v) is 13.4. The fourth-order valence-corrected chi connectivity index (χ4v) is 7.04. The summed E-state index contributed by atoms with van der Waals surface area (Å²) in [6.45, 7) is 0. The topological polar surface area (TPSA) is 144 Å². The zero-order chi connectivity index (χ0) is 37.9. The van der Waals surface area contributed by atoms with Gasteiger partial charge in [-0.15, -0.1) is 0 Å². The molecule has 14 heteroatoms. The van der Waals surface area contributed by atoms with E-state index in [1.807, 2.05) is 12.1 Å². The summed E-state index contributed by atoms with van der Waals surface area (Å²) in [5.74, 6) is -5.29. The van der Waals surface area contributed by atoms with Crippen molar-refractivity contribution in [1.82, 2.24) is 10.3 Å². The van der Waals surface area contributed by atoms with Crippen LogP contribution in [0.3, 0.4) is 0 Å². The fourth-order valence-electron chi connectivity index (χ4n) is 6.00. The van der Waals surface area contributed by atoms with Gasteiger partial charge in [0.05, 0.1) is 30.4 Å². The van der Waals surface area contributed by atoms with E-state index >= 15 is 8.78 Å². The number of carbonyl (C=O) groups is 2. The maximum Gasteiger partial charge on any atom is 0.326 e. The van der Waals surface area contributed by atoms with Crippen LogP contribution in [0.4, 0.5) is 18.9 Å². The Kier molecular flexibility index (Phi) is 10.3. The van der Waals surface area contributed by atoms with Crippen LogP contribution in [0.25, 0.3) is 33.0 Å². The van der Waals surface area contributed by atoms with Gasteiger partial charge in [0, 0.05) is 18.7 Å².